The van der Waals surface area contributed by atoms with E-state index in [2.05, 4.69) is 22.9 Å². The van der Waals surface area contributed by atoms with Gasteiger partial charge in [-0.2, -0.15) is 0 Å². The van der Waals surface area contributed by atoms with Crippen LogP contribution in [0.2, 0.25) is 0 Å². The number of fused-ring (bicyclic) bond motifs is 1. The minimum Gasteiger partial charge on any atom is -0.487 e. The van der Waals surface area contributed by atoms with Gasteiger partial charge in [0.15, 0.2) is 0 Å². The van der Waals surface area contributed by atoms with Crippen LogP contribution in [0.3, 0.4) is 0 Å². The number of ether oxygens (including phenoxy) is 2. The fourth-order valence-corrected chi connectivity index (χ4v) is 3.72. The maximum atomic E-state index is 10.4. The van der Waals surface area contributed by atoms with Gasteiger partial charge in [0.25, 0.3) is 0 Å². The fourth-order valence-electron chi connectivity index (χ4n) is 3.38. The van der Waals surface area contributed by atoms with Crippen molar-refractivity contribution in [2.75, 3.05) is 6.61 Å². The van der Waals surface area contributed by atoms with Crippen molar-refractivity contribution in [2.45, 2.75) is 56.8 Å². The molecule has 1 saturated heterocycles. The Kier molecular flexibility index (Phi) is 4.07. The normalized spacial score (nSPS) is 32.8. The molecule has 2 heterocycles. The van der Waals surface area contributed by atoms with Crippen molar-refractivity contribution in [2.24, 2.45) is 0 Å². The molecule has 0 aromatic heterocycles. The summed E-state index contributed by atoms with van der Waals surface area (Å²) in [6, 6.07) is 5.86. The molecular weight excluding hydrogens is 320 g/mol. The van der Waals surface area contributed by atoms with Crippen LogP contribution in [-0.4, -0.2) is 23.4 Å². The van der Waals surface area contributed by atoms with Gasteiger partial charge in [0.2, 0.25) is 0 Å². The van der Waals surface area contributed by atoms with E-state index in [1.807, 2.05) is 18.2 Å². The lowest BCUT2D eigenvalue weighted by Crippen LogP contribution is -2.48. The molecule has 20 heavy (non-hydrogen) atoms. The molecule has 2 aliphatic rings. The Hall–Kier alpha value is -0.580. The number of rotatable bonds is 2. The van der Waals surface area contributed by atoms with Crippen molar-refractivity contribution >= 4 is 15.9 Å². The van der Waals surface area contributed by atoms with E-state index >= 15 is 0 Å². The van der Waals surface area contributed by atoms with Crippen LogP contribution in [0.4, 0.5) is 0 Å². The van der Waals surface area contributed by atoms with Gasteiger partial charge in [-0.3, -0.25) is 0 Å². The molecule has 1 fully saturated rings. The van der Waals surface area contributed by atoms with Gasteiger partial charge >= 0.3 is 0 Å². The van der Waals surface area contributed by atoms with E-state index in [4.69, 9.17) is 9.47 Å². The summed E-state index contributed by atoms with van der Waals surface area (Å²) < 4.78 is 13.1. The third kappa shape index (κ3) is 2.74. The molecule has 1 N–H and O–H groups in total. The topological polar surface area (TPSA) is 38.7 Å². The molecule has 0 bridgehead atoms. The average Bonchev–Trinajstić information content (AvgIpc) is 2.38. The van der Waals surface area contributed by atoms with Gasteiger partial charge in [0, 0.05) is 29.3 Å². The average molecular weight is 341 g/mol. The van der Waals surface area contributed by atoms with Crippen LogP contribution in [0.5, 0.6) is 5.75 Å². The minimum atomic E-state index is -0.438. The van der Waals surface area contributed by atoms with Crippen molar-refractivity contribution in [1.29, 1.82) is 0 Å². The highest BCUT2D eigenvalue weighted by molar-refractivity contribution is 9.10. The highest BCUT2D eigenvalue weighted by Crippen LogP contribution is 2.46. The standard InChI is InChI=1S/C16H21BrO3/c1-2-3-12-9-16(6-7-19-12)10-14(18)13-5-4-11(17)8-15(13)20-16/h4-5,8,12,14,18H,2-3,6-7,9-10H2,1H3/t12?,14-,16?/m1/s1. The van der Waals surface area contributed by atoms with Crippen LogP contribution < -0.4 is 4.74 Å². The SMILES string of the molecule is CCCC1CC2(CCO1)C[C@@H](O)c1ccc(Br)cc1O2. The molecule has 0 amide bonds. The van der Waals surface area contributed by atoms with E-state index in [1.165, 1.54) is 0 Å². The summed E-state index contributed by atoms with van der Waals surface area (Å²) in [7, 11) is 0. The van der Waals surface area contributed by atoms with E-state index < -0.39 is 6.10 Å². The van der Waals surface area contributed by atoms with Crippen molar-refractivity contribution in [3.05, 3.63) is 28.2 Å². The number of hydrogen-bond acceptors (Lipinski definition) is 3. The van der Waals surface area contributed by atoms with Crippen molar-refractivity contribution < 1.29 is 14.6 Å². The molecule has 1 aromatic carbocycles. The first-order valence-electron chi connectivity index (χ1n) is 7.40. The molecule has 4 heteroatoms. The smallest absolute Gasteiger partial charge is 0.127 e. The lowest BCUT2D eigenvalue weighted by molar-refractivity contribution is -0.118. The highest BCUT2D eigenvalue weighted by atomic mass is 79.9. The zero-order chi connectivity index (χ0) is 14.2. The van der Waals surface area contributed by atoms with Gasteiger partial charge < -0.3 is 14.6 Å². The number of benzene rings is 1. The zero-order valence-corrected chi connectivity index (χ0v) is 13.4. The Morgan fingerprint density at radius 3 is 3.05 bits per heavy atom. The van der Waals surface area contributed by atoms with E-state index in [1.54, 1.807) is 0 Å². The van der Waals surface area contributed by atoms with Gasteiger partial charge in [-0.15, -0.1) is 0 Å². The van der Waals surface area contributed by atoms with Crippen LogP contribution in [0.1, 0.15) is 50.7 Å². The summed E-state index contributed by atoms with van der Waals surface area (Å²) in [5.74, 6) is 0.815. The van der Waals surface area contributed by atoms with Crippen LogP contribution in [0.25, 0.3) is 0 Å². The van der Waals surface area contributed by atoms with Crippen molar-refractivity contribution in [3.8, 4) is 5.75 Å². The first-order chi connectivity index (χ1) is 9.62. The largest absolute Gasteiger partial charge is 0.487 e. The molecule has 3 rings (SSSR count). The third-order valence-corrected chi connectivity index (χ3v) is 4.84. The zero-order valence-electron chi connectivity index (χ0n) is 11.8. The second-order valence-corrected chi connectivity index (χ2v) is 6.84. The Morgan fingerprint density at radius 1 is 1.40 bits per heavy atom. The Labute approximate surface area is 128 Å². The highest BCUT2D eigenvalue weighted by Gasteiger charge is 2.44. The number of aliphatic hydroxyl groups is 1. The van der Waals surface area contributed by atoms with E-state index in [0.717, 1.165) is 48.1 Å². The lowest BCUT2D eigenvalue weighted by Gasteiger charge is -2.45. The summed E-state index contributed by atoms with van der Waals surface area (Å²) in [6.07, 6.45) is 4.41. The summed E-state index contributed by atoms with van der Waals surface area (Å²) in [5.41, 5.74) is 0.642. The fraction of sp³-hybridized carbons (Fsp3) is 0.625. The predicted molar refractivity (Wildman–Crippen MR) is 81.0 cm³/mol. The molecular formula is C16H21BrO3. The molecule has 2 aliphatic heterocycles. The number of halogens is 1. The second-order valence-electron chi connectivity index (χ2n) is 5.92. The number of aliphatic hydroxyl groups excluding tert-OH is 1. The van der Waals surface area contributed by atoms with Crippen LogP contribution in [-0.2, 0) is 4.74 Å². The maximum absolute atomic E-state index is 10.4. The van der Waals surface area contributed by atoms with Gasteiger partial charge in [-0.05, 0) is 18.6 Å². The first kappa shape index (κ1) is 14.4. The molecule has 2 unspecified atom stereocenters. The van der Waals surface area contributed by atoms with Crippen LogP contribution in [0, 0.1) is 0 Å². The Morgan fingerprint density at radius 2 is 2.25 bits per heavy atom. The first-order valence-corrected chi connectivity index (χ1v) is 8.19. The predicted octanol–water partition coefficient (Wildman–Crippen LogP) is 3.98. The number of hydrogen-bond donors (Lipinski definition) is 1. The summed E-state index contributed by atoms with van der Waals surface area (Å²) in [4.78, 5) is 0. The van der Waals surface area contributed by atoms with Gasteiger partial charge in [0.05, 0.1) is 18.8 Å². The van der Waals surface area contributed by atoms with Crippen LogP contribution >= 0.6 is 15.9 Å². The van der Waals surface area contributed by atoms with Gasteiger partial charge in [0.1, 0.15) is 11.4 Å². The van der Waals surface area contributed by atoms with E-state index in [-0.39, 0.29) is 11.7 Å². The monoisotopic (exact) mass is 340 g/mol. The third-order valence-electron chi connectivity index (χ3n) is 4.35. The molecule has 0 aliphatic carbocycles. The van der Waals surface area contributed by atoms with Crippen molar-refractivity contribution in [3.63, 3.8) is 0 Å². The summed E-state index contributed by atoms with van der Waals surface area (Å²) >= 11 is 3.47. The molecule has 1 aromatic rings. The van der Waals surface area contributed by atoms with Crippen molar-refractivity contribution in [1.82, 2.24) is 0 Å². The second kappa shape index (κ2) is 5.66. The molecule has 0 saturated carbocycles. The summed E-state index contributed by atoms with van der Waals surface area (Å²) in [6.45, 7) is 2.90. The van der Waals surface area contributed by atoms with E-state index in [9.17, 15) is 5.11 Å². The molecule has 110 valence electrons. The quantitative estimate of drug-likeness (QED) is 0.884. The van der Waals surface area contributed by atoms with Gasteiger partial charge in [-0.1, -0.05) is 35.3 Å². The Bertz CT molecular complexity index is 489. The summed E-state index contributed by atoms with van der Waals surface area (Å²) in [5, 5.41) is 10.4. The lowest BCUT2D eigenvalue weighted by atomic mass is 9.80. The van der Waals surface area contributed by atoms with Crippen LogP contribution in [0.15, 0.2) is 22.7 Å². The molecule has 1 spiro atoms. The molecule has 0 radical (unpaired) electrons. The minimum absolute atomic E-state index is 0.259. The molecule has 3 nitrogen and oxygen atoms in total. The Balaban J connectivity index is 1.85. The molecule has 3 atom stereocenters. The van der Waals surface area contributed by atoms with Gasteiger partial charge in [-0.25, -0.2) is 0 Å². The van der Waals surface area contributed by atoms with E-state index in [0.29, 0.717) is 6.42 Å². The maximum Gasteiger partial charge on any atom is 0.127 e.